The molecule has 0 aliphatic rings. The first-order valence-corrected chi connectivity index (χ1v) is 6.44. The highest BCUT2D eigenvalue weighted by molar-refractivity contribution is 9.10. The van der Waals surface area contributed by atoms with Crippen LogP contribution in [0.15, 0.2) is 22.7 Å². The van der Waals surface area contributed by atoms with Crippen LogP contribution in [-0.2, 0) is 9.47 Å². The molecule has 0 spiro atoms. The van der Waals surface area contributed by atoms with E-state index in [-0.39, 0.29) is 6.79 Å². The number of rotatable bonds is 7. The lowest BCUT2D eigenvalue weighted by molar-refractivity contribution is -0.00928. The molecular formula is C13H19BrO3. The SMILES string of the molecule is COCCOCOc1c(Br)cccc1C(C)C. The summed E-state index contributed by atoms with van der Waals surface area (Å²) >= 11 is 3.49. The van der Waals surface area contributed by atoms with Crippen LogP contribution in [-0.4, -0.2) is 27.1 Å². The summed E-state index contributed by atoms with van der Waals surface area (Å²) in [4.78, 5) is 0. The van der Waals surface area contributed by atoms with E-state index in [2.05, 4.69) is 35.8 Å². The number of ether oxygens (including phenoxy) is 3. The van der Waals surface area contributed by atoms with Gasteiger partial charge < -0.3 is 14.2 Å². The lowest BCUT2D eigenvalue weighted by Crippen LogP contribution is -2.09. The van der Waals surface area contributed by atoms with E-state index >= 15 is 0 Å². The van der Waals surface area contributed by atoms with Crippen LogP contribution in [0.1, 0.15) is 25.3 Å². The van der Waals surface area contributed by atoms with Gasteiger partial charge in [0.2, 0.25) is 0 Å². The van der Waals surface area contributed by atoms with Crippen LogP contribution < -0.4 is 4.74 Å². The molecule has 0 unspecified atom stereocenters. The number of hydrogen-bond acceptors (Lipinski definition) is 3. The second-order valence-corrected chi connectivity index (χ2v) is 4.83. The second-order valence-electron chi connectivity index (χ2n) is 3.98. The molecule has 0 aromatic heterocycles. The largest absolute Gasteiger partial charge is 0.466 e. The summed E-state index contributed by atoms with van der Waals surface area (Å²) in [6, 6.07) is 6.05. The van der Waals surface area contributed by atoms with Crippen molar-refractivity contribution in [3.8, 4) is 5.75 Å². The third kappa shape index (κ3) is 4.66. The van der Waals surface area contributed by atoms with Gasteiger partial charge in [-0.15, -0.1) is 0 Å². The zero-order chi connectivity index (χ0) is 12.7. The number of benzene rings is 1. The van der Waals surface area contributed by atoms with E-state index in [0.29, 0.717) is 19.1 Å². The summed E-state index contributed by atoms with van der Waals surface area (Å²) in [5.74, 6) is 1.28. The van der Waals surface area contributed by atoms with E-state index in [4.69, 9.17) is 14.2 Å². The van der Waals surface area contributed by atoms with Gasteiger partial charge in [0.1, 0.15) is 5.75 Å². The Hall–Kier alpha value is -0.580. The van der Waals surface area contributed by atoms with Crippen molar-refractivity contribution in [3.05, 3.63) is 28.2 Å². The molecule has 0 amide bonds. The lowest BCUT2D eigenvalue weighted by atomic mass is 10.0. The summed E-state index contributed by atoms with van der Waals surface area (Å²) in [5, 5.41) is 0. The number of halogens is 1. The smallest absolute Gasteiger partial charge is 0.189 e. The standard InChI is InChI=1S/C13H19BrO3/c1-10(2)11-5-4-6-12(14)13(11)17-9-16-8-7-15-3/h4-6,10H,7-9H2,1-3H3. The maximum absolute atomic E-state index is 5.65. The molecule has 0 saturated carbocycles. The van der Waals surface area contributed by atoms with Gasteiger partial charge in [-0.1, -0.05) is 26.0 Å². The van der Waals surface area contributed by atoms with Crippen molar-refractivity contribution in [1.82, 2.24) is 0 Å². The Morgan fingerprint density at radius 2 is 2.00 bits per heavy atom. The Morgan fingerprint density at radius 3 is 2.65 bits per heavy atom. The van der Waals surface area contributed by atoms with Crippen LogP contribution in [0.4, 0.5) is 0 Å². The molecule has 0 aliphatic heterocycles. The first kappa shape index (κ1) is 14.5. The maximum Gasteiger partial charge on any atom is 0.189 e. The minimum Gasteiger partial charge on any atom is -0.466 e. The van der Waals surface area contributed by atoms with E-state index in [1.807, 2.05) is 12.1 Å². The molecule has 0 saturated heterocycles. The first-order valence-electron chi connectivity index (χ1n) is 5.64. The molecule has 1 aromatic rings. The van der Waals surface area contributed by atoms with Gasteiger partial charge in [0.15, 0.2) is 6.79 Å². The quantitative estimate of drug-likeness (QED) is 0.569. The topological polar surface area (TPSA) is 27.7 Å². The highest BCUT2D eigenvalue weighted by Gasteiger charge is 2.10. The Morgan fingerprint density at radius 1 is 1.24 bits per heavy atom. The molecule has 0 aliphatic carbocycles. The average Bonchev–Trinajstić information content (AvgIpc) is 2.30. The normalized spacial score (nSPS) is 10.9. The number of hydrogen-bond donors (Lipinski definition) is 0. The van der Waals surface area contributed by atoms with E-state index in [9.17, 15) is 0 Å². The fourth-order valence-electron chi connectivity index (χ4n) is 1.43. The zero-order valence-electron chi connectivity index (χ0n) is 10.5. The fourth-order valence-corrected chi connectivity index (χ4v) is 1.93. The number of para-hydroxylation sites is 1. The van der Waals surface area contributed by atoms with Crippen LogP contribution in [0.2, 0.25) is 0 Å². The molecule has 1 rings (SSSR count). The summed E-state index contributed by atoms with van der Waals surface area (Å²) < 4.78 is 16.8. The Bertz CT molecular complexity index is 339. The van der Waals surface area contributed by atoms with Gasteiger partial charge in [0.05, 0.1) is 17.7 Å². The Kier molecular flexibility index (Phi) is 6.55. The van der Waals surface area contributed by atoms with Crippen molar-refractivity contribution < 1.29 is 14.2 Å². The van der Waals surface area contributed by atoms with Crippen LogP contribution >= 0.6 is 15.9 Å². The third-order valence-corrected chi connectivity index (χ3v) is 2.96. The van der Waals surface area contributed by atoms with Crippen molar-refractivity contribution >= 4 is 15.9 Å². The summed E-state index contributed by atoms with van der Waals surface area (Å²) in [6.07, 6.45) is 0. The van der Waals surface area contributed by atoms with Crippen LogP contribution in [0, 0.1) is 0 Å². The van der Waals surface area contributed by atoms with Crippen LogP contribution in [0.25, 0.3) is 0 Å². The number of methoxy groups -OCH3 is 1. The van der Waals surface area contributed by atoms with Gasteiger partial charge in [-0.25, -0.2) is 0 Å². The first-order chi connectivity index (χ1) is 8.16. The molecule has 0 fully saturated rings. The molecule has 0 atom stereocenters. The van der Waals surface area contributed by atoms with Gasteiger partial charge in [0, 0.05) is 7.11 Å². The van der Waals surface area contributed by atoms with Crippen molar-refractivity contribution in [1.29, 1.82) is 0 Å². The van der Waals surface area contributed by atoms with Gasteiger partial charge >= 0.3 is 0 Å². The molecule has 0 heterocycles. The van der Waals surface area contributed by atoms with Crippen LogP contribution in [0.5, 0.6) is 5.75 Å². The average molecular weight is 303 g/mol. The van der Waals surface area contributed by atoms with Gasteiger partial charge in [-0.05, 0) is 33.5 Å². The molecule has 96 valence electrons. The zero-order valence-corrected chi connectivity index (χ0v) is 12.1. The molecule has 0 N–H and O–H groups in total. The van der Waals surface area contributed by atoms with Gasteiger partial charge in [-0.3, -0.25) is 0 Å². The molecule has 1 aromatic carbocycles. The van der Waals surface area contributed by atoms with Gasteiger partial charge in [-0.2, -0.15) is 0 Å². The predicted molar refractivity (Wildman–Crippen MR) is 71.6 cm³/mol. The molecule has 3 nitrogen and oxygen atoms in total. The lowest BCUT2D eigenvalue weighted by Gasteiger charge is -2.15. The third-order valence-electron chi connectivity index (χ3n) is 2.34. The van der Waals surface area contributed by atoms with Crippen molar-refractivity contribution in [2.75, 3.05) is 27.1 Å². The monoisotopic (exact) mass is 302 g/mol. The summed E-state index contributed by atoms with van der Waals surface area (Å²) in [6.45, 7) is 5.64. The summed E-state index contributed by atoms with van der Waals surface area (Å²) in [5.41, 5.74) is 1.18. The minimum atomic E-state index is 0.242. The van der Waals surface area contributed by atoms with E-state index in [1.165, 1.54) is 5.56 Å². The van der Waals surface area contributed by atoms with E-state index < -0.39 is 0 Å². The second kappa shape index (κ2) is 7.69. The summed E-state index contributed by atoms with van der Waals surface area (Å²) in [7, 11) is 1.65. The van der Waals surface area contributed by atoms with Gasteiger partial charge in [0.25, 0.3) is 0 Å². The van der Waals surface area contributed by atoms with E-state index in [1.54, 1.807) is 7.11 Å². The van der Waals surface area contributed by atoms with Crippen molar-refractivity contribution in [2.45, 2.75) is 19.8 Å². The molecule has 0 radical (unpaired) electrons. The van der Waals surface area contributed by atoms with Crippen LogP contribution in [0.3, 0.4) is 0 Å². The fraction of sp³-hybridized carbons (Fsp3) is 0.538. The molecule has 4 heteroatoms. The van der Waals surface area contributed by atoms with E-state index in [0.717, 1.165) is 10.2 Å². The predicted octanol–water partition coefficient (Wildman–Crippen LogP) is 3.57. The molecule has 17 heavy (non-hydrogen) atoms. The molecular weight excluding hydrogens is 284 g/mol. The Labute approximate surface area is 111 Å². The highest BCUT2D eigenvalue weighted by Crippen LogP contribution is 2.33. The maximum atomic E-state index is 5.65. The van der Waals surface area contributed by atoms with Crippen molar-refractivity contribution in [2.24, 2.45) is 0 Å². The van der Waals surface area contributed by atoms with Crippen molar-refractivity contribution in [3.63, 3.8) is 0 Å². The molecule has 0 bridgehead atoms. The minimum absolute atomic E-state index is 0.242. The highest BCUT2D eigenvalue weighted by atomic mass is 79.9. The Balaban J connectivity index is 2.57.